The molecule has 2 aromatic rings. The Kier molecular flexibility index (Phi) is 5.52. The maximum absolute atomic E-state index is 13.0. The minimum atomic E-state index is -0.398. The van der Waals surface area contributed by atoms with Gasteiger partial charge in [0.1, 0.15) is 5.70 Å². The normalized spacial score (nSPS) is 14.6. The molecule has 0 aliphatic carbocycles. The van der Waals surface area contributed by atoms with E-state index in [1.165, 1.54) is 4.90 Å². The molecule has 0 bridgehead atoms. The number of benzene rings is 2. The molecular formula is C20H17Cl3N2O2. The van der Waals surface area contributed by atoms with Gasteiger partial charge < -0.3 is 5.32 Å². The van der Waals surface area contributed by atoms with Crippen molar-refractivity contribution in [2.75, 3.05) is 5.32 Å². The average molecular weight is 424 g/mol. The first-order chi connectivity index (χ1) is 12.7. The summed E-state index contributed by atoms with van der Waals surface area (Å²) in [6.07, 6.45) is 0. The molecule has 1 N–H and O–H groups in total. The number of nitrogens with zero attached hydrogens (tertiary/aromatic N) is 1. The third kappa shape index (κ3) is 3.70. The molecule has 0 fully saturated rings. The van der Waals surface area contributed by atoms with E-state index < -0.39 is 11.8 Å². The van der Waals surface area contributed by atoms with Gasteiger partial charge in [0.05, 0.1) is 10.6 Å². The molecule has 140 valence electrons. The number of hydrogen-bond donors (Lipinski definition) is 1. The number of carbonyl (C=O) groups is 2. The first-order valence-electron chi connectivity index (χ1n) is 8.31. The molecule has 2 amide bonds. The molecule has 1 heterocycles. The van der Waals surface area contributed by atoms with Crippen LogP contribution in [0.3, 0.4) is 0 Å². The van der Waals surface area contributed by atoms with Gasteiger partial charge in [-0.15, -0.1) is 0 Å². The number of nitrogens with one attached hydrogen (secondary N) is 1. The highest BCUT2D eigenvalue weighted by atomic mass is 35.5. The zero-order valence-electron chi connectivity index (χ0n) is 14.9. The van der Waals surface area contributed by atoms with Crippen LogP contribution >= 0.6 is 34.8 Å². The van der Waals surface area contributed by atoms with E-state index in [0.29, 0.717) is 26.3 Å². The quantitative estimate of drug-likeness (QED) is 0.655. The highest BCUT2D eigenvalue weighted by Gasteiger charge is 2.41. The van der Waals surface area contributed by atoms with Gasteiger partial charge in [-0.3, -0.25) is 14.5 Å². The van der Waals surface area contributed by atoms with E-state index in [9.17, 15) is 9.59 Å². The molecule has 4 nitrogen and oxygen atoms in total. The van der Waals surface area contributed by atoms with Crippen molar-refractivity contribution in [3.63, 3.8) is 0 Å². The molecule has 0 aromatic heterocycles. The highest BCUT2D eigenvalue weighted by molar-refractivity contribution is 6.41. The SMILES string of the molecule is Cc1cc(Cl)ccc1NC1=C(c2ccc(Cl)cc2Cl)C(=O)N(C(C)C)C1=O. The molecule has 3 rings (SSSR count). The molecule has 1 aliphatic rings. The molecule has 0 saturated heterocycles. The number of amides is 2. The maximum Gasteiger partial charge on any atom is 0.278 e. The summed E-state index contributed by atoms with van der Waals surface area (Å²) >= 11 is 18.3. The number of hydrogen-bond acceptors (Lipinski definition) is 3. The molecule has 0 spiro atoms. The lowest BCUT2D eigenvalue weighted by molar-refractivity contribution is -0.138. The van der Waals surface area contributed by atoms with Crippen LogP contribution in [0.2, 0.25) is 15.1 Å². The fourth-order valence-corrected chi connectivity index (χ4v) is 3.71. The first-order valence-corrected chi connectivity index (χ1v) is 9.45. The monoisotopic (exact) mass is 422 g/mol. The van der Waals surface area contributed by atoms with Gasteiger partial charge in [-0.2, -0.15) is 0 Å². The Balaban J connectivity index is 2.17. The number of rotatable bonds is 4. The van der Waals surface area contributed by atoms with Gasteiger partial charge in [0.2, 0.25) is 0 Å². The molecule has 0 unspecified atom stereocenters. The zero-order chi connectivity index (χ0) is 19.9. The van der Waals surface area contributed by atoms with E-state index in [0.717, 1.165) is 5.56 Å². The van der Waals surface area contributed by atoms with Crippen molar-refractivity contribution in [2.45, 2.75) is 26.8 Å². The second kappa shape index (κ2) is 7.55. The van der Waals surface area contributed by atoms with E-state index >= 15 is 0 Å². The molecule has 27 heavy (non-hydrogen) atoms. The standard InChI is InChI=1S/C20H17Cl3N2O2/c1-10(2)25-19(26)17(14-6-4-13(22)9-15(14)23)18(20(25)27)24-16-7-5-12(21)8-11(16)3/h4-10,24H,1-3H3. The third-order valence-electron chi connectivity index (χ3n) is 4.28. The highest BCUT2D eigenvalue weighted by Crippen LogP contribution is 2.36. The predicted octanol–water partition coefficient (Wildman–Crippen LogP) is 5.56. The Morgan fingerprint density at radius 3 is 2.15 bits per heavy atom. The zero-order valence-corrected chi connectivity index (χ0v) is 17.2. The van der Waals surface area contributed by atoms with Gasteiger partial charge >= 0.3 is 0 Å². The number of halogens is 3. The Hall–Kier alpha value is -2.01. The fourth-order valence-electron chi connectivity index (χ4n) is 2.98. The smallest absolute Gasteiger partial charge is 0.278 e. The van der Waals surface area contributed by atoms with Crippen LogP contribution in [0.25, 0.3) is 5.57 Å². The van der Waals surface area contributed by atoms with E-state index in [1.54, 1.807) is 50.2 Å². The van der Waals surface area contributed by atoms with Gasteiger partial charge in [-0.05, 0) is 56.7 Å². The second-order valence-electron chi connectivity index (χ2n) is 6.53. The summed E-state index contributed by atoms with van der Waals surface area (Å²) < 4.78 is 0. The lowest BCUT2D eigenvalue weighted by Gasteiger charge is -2.19. The molecule has 0 radical (unpaired) electrons. The Bertz CT molecular complexity index is 983. The minimum Gasteiger partial charge on any atom is -0.350 e. The van der Waals surface area contributed by atoms with Crippen molar-refractivity contribution in [3.8, 4) is 0 Å². The summed E-state index contributed by atoms with van der Waals surface area (Å²) in [6.45, 7) is 5.44. The number of imide groups is 1. The summed E-state index contributed by atoms with van der Waals surface area (Å²) in [5, 5.41) is 4.45. The van der Waals surface area contributed by atoms with Crippen LogP contribution in [0.5, 0.6) is 0 Å². The molecule has 7 heteroatoms. The maximum atomic E-state index is 13.0. The molecule has 0 saturated carbocycles. The topological polar surface area (TPSA) is 49.4 Å². The van der Waals surface area contributed by atoms with Crippen molar-refractivity contribution >= 4 is 57.9 Å². The van der Waals surface area contributed by atoms with E-state index in [2.05, 4.69) is 5.32 Å². The van der Waals surface area contributed by atoms with Crippen LogP contribution in [0.15, 0.2) is 42.1 Å². The molecular weight excluding hydrogens is 407 g/mol. The van der Waals surface area contributed by atoms with Crippen LogP contribution < -0.4 is 5.32 Å². The Morgan fingerprint density at radius 2 is 1.56 bits per heavy atom. The number of carbonyl (C=O) groups excluding carboxylic acids is 2. The average Bonchev–Trinajstić information content (AvgIpc) is 2.81. The number of aryl methyl sites for hydroxylation is 1. The summed E-state index contributed by atoms with van der Waals surface area (Å²) in [7, 11) is 0. The van der Waals surface area contributed by atoms with Gasteiger partial charge in [0.25, 0.3) is 11.8 Å². The van der Waals surface area contributed by atoms with Crippen LogP contribution in [-0.4, -0.2) is 22.8 Å². The van der Waals surface area contributed by atoms with Crippen molar-refractivity contribution < 1.29 is 9.59 Å². The lowest BCUT2D eigenvalue weighted by Crippen LogP contribution is -2.38. The number of anilines is 1. The van der Waals surface area contributed by atoms with Crippen molar-refractivity contribution in [1.82, 2.24) is 4.90 Å². The molecule has 2 aromatic carbocycles. The second-order valence-corrected chi connectivity index (χ2v) is 7.81. The summed E-state index contributed by atoms with van der Waals surface area (Å²) in [5.74, 6) is -0.793. The van der Waals surface area contributed by atoms with Gasteiger partial charge in [0.15, 0.2) is 0 Å². The summed E-state index contributed by atoms with van der Waals surface area (Å²) in [5.41, 5.74) is 2.40. The first kappa shape index (κ1) is 19.7. The van der Waals surface area contributed by atoms with Crippen molar-refractivity contribution in [2.24, 2.45) is 0 Å². The Morgan fingerprint density at radius 1 is 0.926 bits per heavy atom. The minimum absolute atomic E-state index is 0.184. The van der Waals surface area contributed by atoms with Gasteiger partial charge in [0, 0.05) is 27.3 Å². The van der Waals surface area contributed by atoms with Gasteiger partial charge in [-0.1, -0.05) is 40.9 Å². The van der Waals surface area contributed by atoms with Crippen LogP contribution in [0.4, 0.5) is 5.69 Å². The summed E-state index contributed by atoms with van der Waals surface area (Å²) in [6, 6.07) is 9.79. The predicted molar refractivity (Wildman–Crippen MR) is 110 cm³/mol. The molecule has 0 atom stereocenters. The van der Waals surface area contributed by atoms with Crippen LogP contribution in [0, 0.1) is 6.92 Å². The van der Waals surface area contributed by atoms with Gasteiger partial charge in [-0.25, -0.2) is 0 Å². The third-order valence-corrected chi connectivity index (χ3v) is 5.06. The molecule has 1 aliphatic heterocycles. The largest absolute Gasteiger partial charge is 0.350 e. The summed E-state index contributed by atoms with van der Waals surface area (Å²) in [4.78, 5) is 27.2. The Labute approximate surface area is 172 Å². The van der Waals surface area contributed by atoms with Crippen LogP contribution in [0.1, 0.15) is 25.0 Å². The van der Waals surface area contributed by atoms with Crippen molar-refractivity contribution in [3.05, 3.63) is 68.3 Å². The van der Waals surface area contributed by atoms with E-state index in [1.807, 2.05) is 6.92 Å². The van der Waals surface area contributed by atoms with E-state index in [-0.39, 0.29) is 17.3 Å². The lowest BCUT2D eigenvalue weighted by atomic mass is 10.0. The van der Waals surface area contributed by atoms with Crippen LogP contribution in [-0.2, 0) is 9.59 Å². The van der Waals surface area contributed by atoms with E-state index in [4.69, 9.17) is 34.8 Å². The fraction of sp³-hybridized carbons (Fsp3) is 0.200. The van der Waals surface area contributed by atoms with Crippen molar-refractivity contribution in [1.29, 1.82) is 0 Å².